The van der Waals surface area contributed by atoms with E-state index < -0.39 is 0 Å². The Hall–Kier alpha value is -2.48. The fourth-order valence-electron chi connectivity index (χ4n) is 3.31. The number of aliphatic hydroxyl groups excluding tert-OH is 1. The van der Waals surface area contributed by atoms with Crippen LogP contribution in [0.1, 0.15) is 54.9 Å². The standard InChI is InChI=1S/C15H17N5O3.C4H10/c1-23-19-4-2-16-12(8-19)20-14-10-6-9(10)7-11(14)13(18-20)15(22)17-3-5-21;1-4(2)3/h2,4,8-10,21H,3,5-7H2,1H3;4H,1-3H3/p+1. The van der Waals surface area contributed by atoms with Gasteiger partial charge in [-0.1, -0.05) is 20.8 Å². The predicted octanol–water partition coefficient (Wildman–Crippen LogP) is 0.657. The van der Waals surface area contributed by atoms with Crippen molar-refractivity contribution in [2.24, 2.45) is 11.8 Å². The van der Waals surface area contributed by atoms with Gasteiger partial charge in [-0.25, -0.2) is 9.67 Å². The van der Waals surface area contributed by atoms with Gasteiger partial charge in [0.1, 0.15) is 7.11 Å². The number of carbonyl (C=O) groups excluding carboxylic acids is 1. The number of carbonyl (C=O) groups is 1. The van der Waals surface area contributed by atoms with Crippen LogP contribution in [0.25, 0.3) is 5.82 Å². The maximum absolute atomic E-state index is 12.3. The SMILES string of the molecule is CC(C)C.CO[n+]1ccnc(-n2nc(C(=O)NCCO)c3c2C2CC2C3)c1. The minimum Gasteiger partial charge on any atom is -0.395 e. The van der Waals surface area contributed by atoms with Gasteiger partial charge in [-0.05, 0) is 24.7 Å². The number of nitrogens with zero attached hydrogens (tertiary/aromatic N) is 4. The molecular weight excluding hydrogens is 346 g/mol. The Bertz CT molecular complexity index is 815. The van der Waals surface area contributed by atoms with Crippen LogP contribution in [-0.2, 0) is 6.42 Å². The first-order valence-electron chi connectivity index (χ1n) is 9.39. The number of nitrogens with one attached hydrogen (secondary N) is 1. The van der Waals surface area contributed by atoms with Gasteiger partial charge in [0, 0.05) is 22.8 Å². The predicted molar refractivity (Wildman–Crippen MR) is 98.5 cm³/mol. The number of hydrogen-bond donors (Lipinski definition) is 2. The Morgan fingerprint density at radius 2 is 2.22 bits per heavy atom. The van der Waals surface area contributed by atoms with Crippen molar-refractivity contribution in [3.63, 3.8) is 0 Å². The Morgan fingerprint density at radius 3 is 2.89 bits per heavy atom. The van der Waals surface area contributed by atoms with Gasteiger partial charge in [0.05, 0.1) is 18.5 Å². The van der Waals surface area contributed by atoms with Crippen molar-refractivity contribution in [1.82, 2.24) is 20.1 Å². The second-order valence-electron chi connectivity index (χ2n) is 7.60. The summed E-state index contributed by atoms with van der Waals surface area (Å²) in [6, 6.07) is 0. The molecule has 2 N–H and O–H groups in total. The van der Waals surface area contributed by atoms with E-state index in [1.807, 2.05) is 0 Å². The molecule has 146 valence electrons. The fraction of sp³-hybridized carbons (Fsp3) is 0.579. The quantitative estimate of drug-likeness (QED) is 0.750. The lowest BCUT2D eigenvalue weighted by Gasteiger charge is -2.03. The summed E-state index contributed by atoms with van der Waals surface area (Å²) in [5.41, 5.74) is 2.54. The van der Waals surface area contributed by atoms with Crippen LogP contribution in [0.15, 0.2) is 18.6 Å². The average Bonchev–Trinajstić information content (AvgIpc) is 3.15. The third-order valence-corrected chi connectivity index (χ3v) is 4.47. The normalized spacial score (nSPS) is 19.0. The highest BCUT2D eigenvalue weighted by Crippen LogP contribution is 2.57. The van der Waals surface area contributed by atoms with E-state index in [0.717, 1.165) is 30.0 Å². The van der Waals surface area contributed by atoms with Crippen molar-refractivity contribution in [3.05, 3.63) is 35.5 Å². The minimum absolute atomic E-state index is 0.0893. The van der Waals surface area contributed by atoms with Gasteiger partial charge < -0.3 is 10.4 Å². The number of rotatable bonds is 5. The lowest BCUT2D eigenvalue weighted by molar-refractivity contribution is -0.885. The first-order valence-corrected chi connectivity index (χ1v) is 9.39. The number of hydrogen-bond acceptors (Lipinski definition) is 5. The third kappa shape index (κ3) is 4.10. The molecule has 2 aromatic rings. The summed E-state index contributed by atoms with van der Waals surface area (Å²) >= 11 is 0. The molecule has 2 aliphatic carbocycles. The van der Waals surface area contributed by atoms with Crippen LogP contribution in [0.3, 0.4) is 0 Å². The van der Waals surface area contributed by atoms with Gasteiger partial charge in [0.25, 0.3) is 12.1 Å². The molecule has 0 radical (unpaired) electrons. The molecule has 2 heterocycles. The number of aliphatic hydroxyl groups is 1. The second kappa shape index (κ2) is 8.04. The second-order valence-corrected chi connectivity index (χ2v) is 7.60. The highest BCUT2D eigenvalue weighted by atomic mass is 16.6. The van der Waals surface area contributed by atoms with Crippen LogP contribution in [0.5, 0.6) is 0 Å². The molecule has 8 nitrogen and oxygen atoms in total. The van der Waals surface area contributed by atoms with Crippen LogP contribution in [0.4, 0.5) is 0 Å². The van der Waals surface area contributed by atoms with E-state index in [0.29, 0.717) is 23.3 Å². The topological polar surface area (TPSA) is 93.2 Å². The molecule has 8 heteroatoms. The zero-order valence-corrected chi connectivity index (χ0v) is 16.3. The summed E-state index contributed by atoms with van der Waals surface area (Å²) < 4.78 is 3.30. The van der Waals surface area contributed by atoms with E-state index in [1.54, 1.807) is 35.1 Å². The largest absolute Gasteiger partial charge is 0.395 e. The summed E-state index contributed by atoms with van der Waals surface area (Å²) in [6.45, 7) is 6.63. The molecule has 0 aromatic carbocycles. The lowest BCUT2D eigenvalue weighted by atomic mass is 10.1. The highest BCUT2D eigenvalue weighted by Gasteiger charge is 2.50. The number of amides is 1. The molecule has 0 saturated heterocycles. The zero-order chi connectivity index (χ0) is 19.6. The van der Waals surface area contributed by atoms with E-state index in [-0.39, 0.29) is 19.1 Å². The molecule has 1 fully saturated rings. The fourth-order valence-corrected chi connectivity index (χ4v) is 3.31. The minimum atomic E-state index is -0.245. The van der Waals surface area contributed by atoms with Crippen LogP contribution < -0.4 is 14.9 Å². The van der Waals surface area contributed by atoms with E-state index in [9.17, 15) is 4.79 Å². The maximum atomic E-state index is 12.3. The van der Waals surface area contributed by atoms with Crippen LogP contribution in [-0.4, -0.2) is 46.0 Å². The molecule has 0 bridgehead atoms. The average molecular weight is 374 g/mol. The van der Waals surface area contributed by atoms with Gasteiger partial charge in [-0.15, -0.1) is 0 Å². The third-order valence-electron chi connectivity index (χ3n) is 4.47. The Kier molecular flexibility index (Phi) is 5.74. The van der Waals surface area contributed by atoms with Crippen LogP contribution in [0, 0.1) is 11.8 Å². The van der Waals surface area contributed by atoms with Crippen molar-refractivity contribution < 1.29 is 19.5 Å². The summed E-state index contributed by atoms with van der Waals surface area (Å²) in [6.07, 6.45) is 7.10. The number of fused-ring (bicyclic) bond motifs is 3. The summed E-state index contributed by atoms with van der Waals surface area (Å²) in [5.74, 6) is 2.30. The Balaban J connectivity index is 0.000000481. The van der Waals surface area contributed by atoms with E-state index in [2.05, 4.69) is 36.2 Å². The van der Waals surface area contributed by atoms with Gasteiger partial charge in [-0.2, -0.15) is 5.10 Å². The molecule has 2 unspecified atom stereocenters. The summed E-state index contributed by atoms with van der Waals surface area (Å²) in [4.78, 5) is 21.8. The van der Waals surface area contributed by atoms with Crippen LogP contribution >= 0.6 is 0 Å². The van der Waals surface area contributed by atoms with E-state index in [4.69, 9.17) is 9.94 Å². The van der Waals surface area contributed by atoms with Crippen molar-refractivity contribution in [1.29, 1.82) is 0 Å². The number of aromatic nitrogens is 4. The Labute approximate surface area is 159 Å². The molecule has 4 rings (SSSR count). The summed E-state index contributed by atoms with van der Waals surface area (Å²) in [5, 5.41) is 16.1. The molecule has 2 aromatic heterocycles. The molecule has 27 heavy (non-hydrogen) atoms. The van der Waals surface area contributed by atoms with Crippen molar-refractivity contribution in [2.45, 2.75) is 39.5 Å². The van der Waals surface area contributed by atoms with Crippen molar-refractivity contribution in [3.8, 4) is 5.82 Å². The van der Waals surface area contributed by atoms with Gasteiger partial charge >= 0.3 is 0 Å². The highest BCUT2D eigenvalue weighted by molar-refractivity contribution is 5.94. The molecule has 1 saturated carbocycles. The molecule has 0 spiro atoms. The molecule has 2 aliphatic rings. The first kappa shape index (κ1) is 19.3. The molecule has 0 aliphatic heterocycles. The van der Waals surface area contributed by atoms with Crippen molar-refractivity contribution in [2.75, 3.05) is 20.3 Å². The molecule has 1 amide bonds. The Morgan fingerprint density at radius 1 is 1.48 bits per heavy atom. The van der Waals surface area contributed by atoms with Crippen LogP contribution in [0.2, 0.25) is 0 Å². The van der Waals surface area contributed by atoms with E-state index >= 15 is 0 Å². The van der Waals surface area contributed by atoms with E-state index in [1.165, 1.54) is 0 Å². The maximum Gasteiger partial charge on any atom is 0.272 e. The van der Waals surface area contributed by atoms with Gasteiger partial charge in [-0.3, -0.25) is 9.63 Å². The van der Waals surface area contributed by atoms with Crippen molar-refractivity contribution >= 4 is 5.91 Å². The zero-order valence-electron chi connectivity index (χ0n) is 16.3. The first-order chi connectivity index (χ1) is 13.0. The monoisotopic (exact) mass is 374 g/mol. The lowest BCUT2D eigenvalue weighted by Crippen LogP contribution is -2.40. The molecular formula is C19H28N5O3+. The molecule has 2 atom stereocenters. The van der Waals surface area contributed by atoms with Gasteiger partial charge in [0.2, 0.25) is 12.0 Å². The smallest absolute Gasteiger partial charge is 0.272 e. The summed E-state index contributed by atoms with van der Waals surface area (Å²) in [7, 11) is 1.57. The van der Waals surface area contributed by atoms with Gasteiger partial charge in [0.15, 0.2) is 5.69 Å².